The molecule has 1 saturated carbocycles. The van der Waals surface area contributed by atoms with Crippen LogP contribution < -0.4 is 5.32 Å². The van der Waals surface area contributed by atoms with E-state index in [4.69, 9.17) is 0 Å². The number of alkyl halides is 3. The van der Waals surface area contributed by atoms with Gasteiger partial charge in [0.05, 0.1) is 0 Å². The van der Waals surface area contributed by atoms with Gasteiger partial charge in [0.15, 0.2) is 0 Å². The van der Waals surface area contributed by atoms with E-state index in [1.54, 1.807) is 0 Å². The van der Waals surface area contributed by atoms with Gasteiger partial charge in [-0.3, -0.25) is 0 Å². The Hall–Kier alpha value is -1.17. The first-order valence-corrected chi connectivity index (χ1v) is 6.06. The highest BCUT2D eigenvalue weighted by Gasteiger charge is 2.48. The highest BCUT2D eigenvalue weighted by atomic mass is 19.4. The molecule has 0 bridgehead atoms. The van der Waals surface area contributed by atoms with Crippen LogP contribution in [0.15, 0.2) is 12.4 Å². The summed E-state index contributed by atoms with van der Waals surface area (Å²) in [6.07, 6.45) is -0.530. The topological polar surface area (TPSA) is 37.8 Å². The van der Waals surface area contributed by atoms with E-state index >= 15 is 0 Å². The Kier molecular flexibility index (Phi) is 2.59. The summed E-state index contributed by atoms with van der Waals surface area (Å²) in [4.78, 5) is 7.21. The molecular formula is C12H14F3N3. The van der Waals surface area contributed by atoms with E-state index < -0.39 is 11.9 Å². The van der Waals surface area contributed by atoms with Crippen molar-refractivity contribution >= 4 is 0 Å². The lowest BCUT2D eigenvalue weighted by Gasteiger charge is -2.54. The van der Waals surface area contributed by atoms with Gasteiger partial charge in [-0.15, -0.1) is 0 Å². The number of rotatable bonds is 2. The second-order valence-corrected chi connectivity index (χ2v) is 5.47. The van der Waals surface area contributed by atoms with Gasteiger partial charge in [-0.25, -0.2) is 9.97 Å². The second kappa shape index (κ2) is 3.91. The third-order valence-electron chi connectivity index (χ3n) is 3.96. The van der Waals surface area contributed by atoms with E-state index in [0.717, 1.165) is 38.3 Å². The van der Waals surface area contributed by atoms with Crippen molar-refractivity contribution in [1.82, 2.24) is 15.3 Å². The Balaban J connectivity index is 1.63. The van der Waals surface area contributed by atoms with Gasteiger partial charge in [-0.05, 0) is 36.7 Å². The number of nitrogens with one attached hydrogen (secondary N) is 1. The van der Waals surface area contributed by atoms with E-state index in [1.807, 2.05) is 0 Å². The summed E-state index contributed by atoms with van der Waals surface area (Å²) in [5.74, 6) is 0.475. The molecule has 18 heavy (non-hydrogen) atoms. The van der Waals surface area contributed by atoms with Gasteiger partial charge in [0.1, 0.15) is 12.0 Å². The molecule has 3 rings (SSSR count). The van der Waals surface area contributed by atoms with Crippen molar-refractivity contribution in [2.24, 2.45) is 11.3 Å². The molecule has 1 aromatic heterocycles. The number of halogens is 3. The first-order chi connectivity index (χ1) is 8.47. The molecule has 2 heterocycles. The lowest BCUT2D eigenvalue weighted by atomic mass is 9.57. The maximum atomic E-state index is 12.5. The number of hydrogen-bond donors (Lipinski definition) is 1. The molecule has 98 valence electrons. The van der Waals surface area contributed by atoms with Gasteiger partial charge < -0.3 is 5.32 Å². The molecule has 0 atom stereocenters. The average molecular weight is 257 g/mol. The van der Waals surface area contributed by atoms with Crippen LogP contribution in [-0.4, -0.2) is 23.1 Å². The maximum Gasteiger partial charge on any atom is 0.433 e. The number of hydrogen-bond acceptors (Lipinski definition) is 3. The third kappa shape index (κ3) is 2.09. The lowest BCUT2D eigenvalue weighted by Crippen LogP contribution is -2.60. The Labute approximate surface area is 103 Å². The zero-order valence-electron chi connectivity index (χ0n) is 9.80. The van der Waals surface area contributed by atoms with Crippen molar-refractivity contribution in [3.63, 3.8) is 0 Å². The lowest BCUT2D eigenvalue weighted by molar-refractivity contribution is -0.141. The van der Waals surface area contributed by atoms with Crippen molar-refractivity contribution in [2.45, 2.75) is 25.4 Å². The van der Waals surface area contributed by atoms with Crippen molar-refractivity contribution in [2.75, 3.05) is 13.1 Å². The zero-order valence-corrected chi connectivity index (χ0v) is 9.80. The van der Waals surface area contributed by atoms with Gasteiger partial charge in [0, 0.05) is 18.8 Å². The third-order valence-corrected chi connectivity index (χ3v) is 3.96. The molecule has 1 saturated heterocycles. The van der Waals surface area contributed by atoms with E-state index in [1.165, 1.54) is 0 Å². The fourth-order valence-corrected chi connectivity index (χ4v) is 3.04. The molecule has 3 nitrogen and oxygen atoms in total. The largest absolute Gasteiger partial charge is 0.433 e. The molecule has 1 N–H and O–H groups in total. The summed E-state index contributed by atoms with van der Waals surface area (Å²) in [5.41, 5.74) is 0.112. The Morgan fingerprint density at radius 1 is 1.28 bits per heavy atom. The first kappa shape index (κ1) is 11.9. The number of nitrogens with zero attached hydrogens (tertiary/aromatic N) is 2. The predicted molar refractivity (Wildman–Crippen MR) is 58.8 cm³/mol. The molecule has 0 aromatic carbocycles. The van der Waals surface area contributed by atoms with Crippen molar-refractivity contribution in [3.05, 3.63) is 23.8 Å². The van der Waals surface area contributed by atoms with Crippen LogP contribution in [0.25, 0.3) is 0 Å². The minimum atomic E-state index is -4.38. The Bertz CT molecular complexity index is 446. The summed E-state index contributed by atoms with van der Waals surface area (Å²) in [6, 6.07) is 1.07. The normalized spacial score (nSPS) is 22.6. The van der Waals surface area contributed by atoms with Crippen LogP contribution in [0.5, 0.6) is 0 Å². The molecule has 1 aliphatic heterocycles. The van der Waals surface area contributed by atoms with Crippen LogP contribution in [0, 0.1) is 11.3 Å². The highest BCUT2D eigenvalue weighted by Crippen LogP contribution is 2.49. The van der Waals surface area contributed by atoms with Crippen LogP contribution in [0.2, 0.25) is 0 Å². The summed E-state index contributed by atoms with van der Waals surface area (Å²) in [5, 5.41) is 3.24. The molecule has 0 amide bonds. The molecule has 0 unspecified atom stereocenters. The summed E-state index contributed by atoms with van der Waals surface area (Å²) < 4.78 is 37.5. The van der Waals surface area contributed by atoms with Crippen LogP contribution in [0.1, 0.15) is 24.2 Å². The summed E-state index contributed by atoms with van der Waals surface area (Å²) >= 11 is 0. The zero-order chi connectivity index (χ0) is 12.8. The minimum Gasteiger partial charge on any atom is -0.316 e. The Morgan fingerprint density at radius 2 is 2.00 bits per heavy atom. The van der Waals surface area contributed by atoms with Crippen LogP contribution >= 0.6 is 0 Å². The van der Waals surface area contributed by atoms with Gasteiger partial charge in [0.2, 0.25) is 0 Å². The molecule has 1 spiro atoms. The molecule has 2 aliphatic rings. The first-order valence-electron chi connectivity index (χ1n) is 6.06. The van der Waals surface area contributed by atoms with Gasteiger partial charge in [-0.2, -0.15) is 13.2 Å². The molecule has 0 radical (unpaired) electrons. The van der Waals surface area contributed by atoms with Gasteiger partial charge >= 0.3 is 6.18 Å². The number of aromatic nitrogens is 2. The SMILES string of the molecule is FC(F)(F)c1cc(CC2CC3(CNC3)C2)ncn1. The van der Waals surface area contributed by atoms with E-state index in [2.05, 4.69) is 15.3 Å². The van der Waals surface area contributed by atoms with Crippen molar-refractivity contribution in [3.8, 4) is 0 Å². The monoisotopic (exact) mass is 257 g/mol. The summed E-state index contributed by atoms with van der Waals surface area (Å²) in [6.45, 7) is 2.11. The van der Waals surface area contributed by atoms with E-state index in [9.17, 15) is 13.2 Å². The Morgan fingerprint density at radius 3 is 2.56 bits per heavy atom. The fourth-order valence-electron chi connectivity index (χ4n) is 3.04. The highest BCUT2D eigenvalue weighted by molar-refractivity contribution is 5.14. The van der Waals surface area contributed by atoms with Crippen LogP contribution in [0.4, 0.5) is 13.2 Å². The van der Waals surface area contributed by atoms with Crippen molar-refractivity contribution < 1.29 is 13.2 Å². The smallest absolute Gasteiger partial charge is 0.316 e. The van der Waals surface area contributed by atoms with E-state index in [0.29, 0.717) is 23.4 Å². The second-order valence-electron chi connectivity index (χ2n) is 5.47. The molecule has 1 aliphatic carbocycles. The standard InChI is InChI=1S/C12H14F3N3/c13-12(14,15)10-2-9(17-7-18-10)1-8-3-11(4-8)5-16-6-11/h2,7-8,16H,1,3-6H2. The average Bonchev–Trinajstić information content (AvgIpc) is 2.19. The predicted octanol–water partition coefficient (Wildman–Crippen LogP) is 2.04. The molecule has 6 heteroatoms. The molecule has 1 aromatic rings. The molecular weight excluding hydrogens is 243 g/mol. The van der Waals surface area contributed by atoms with Gasteiger partial charge in [-0.1, -0.05) is 0 Å². The minimum absolute atomic E-state index is 0.449. The molecule has 2 fully saturated rings. The quantitative estimate of drug-likeness (QED) is 0.881. The van der Waals surface area contributed by atoms with Crippen LogP contribution in [-0.2, 0) is 12.6 Å². The summed E-state index contributed by atoms with van der Waals surface area (Å²) in [7, 11) is 0. The van der Waals surface area contributed by atoms with Crippen molar-refractivity contribution in [1.29, 1.82) is 0 Å². The maximum absolute atomic E-state index is 12.5. The fraction of sp³-hybridized carbons (Fsp3) is 0.667. The van der Waals surface area contributed by atoms with E-state index in [-0.39, 0.29) is 0 Å². The van der Waals surface area contributed by atoms with Gasteiger partial charge in [0.25, 0.3) is 0 Å². The van der Waals surface area contributed by atoms with Crippen LogP contribution in [0.3, 0.4) is 0 Å².